The molecule has 0 unspecified atom stereocenters. The second-order valence-electron chi connectivity index (χ2n) is 9.72. The molecule has 0 saturated heterocycles. The minimum atomic E-state index is -0.112. The van der Waals surface area contributed by atoms with Crippen LogP contribution < -0.4 is 0 Å². The van der Waals surface area contributed by atoms with E-state index in [0.29, 0.717) is 65.7 Å². The normalized spacial score (nSPS) is 11.3. The predicted octanol–water partition coefficient (Wildman–Crippen LogP) is 7.66. The van der Waals surface area contributed by atoms with Gasteiger partial charge in [-0.25, -0.2) is 0 Å². The molecule has 6 nitrogen and oxygen atoms in total. The Kier molecular flexibility index (Phi) is 31.7. The Labute approximate surface area is 223 Å². The molecule has 6 heteroatoms. The minimum absolute atomic E-state index is 0.112. The minimum Gasteiger partial charge on any atom is -0.466 e. The van der Waals surface area contributed by atoms with Gasteiger partial charge in [-0.05, 0) is 19.3 Å². The predicted molar refractivity (Wildman–Crippen MR) is 149 cm³/mol. The standard InChI is InChI=1S/C30H60O6/c1-3-5-7-9-11-12-13-14-16-18-23-36-30(31)20-19-22-33-25-27-35-29-28-34-26-24-32-21-17-15-10-8-6-4-2/h3-29H2,1-2H3. The van der Waals surface area contributed by atoms with Crippen LogP contribution in [0.1, 0.15) is 129 Å². The van der Waals surface area contributed by atoms with Crippen LogP contribution in [-0.4, -0.2) is 65.4 Å². The van der Waals surface area contributed by atoms with Crippen molar-refractivity contribution in [2.24, 2.45) is 0 Å². The molecule has 0 fully saturated rings. The maximum absolute atomic E-state index is 11.8. The second kappa shape index (κ2) is 32.3. The Morgan fingerprint density at radius 1 is 0.389 bits per heavy atom. The lowest BCUT2D eigenvalue weighted by atomic mass is 10.1. The fourth-order valence-electron chi connectivity index (χ4n) is 3.91. The second-order valence-corrected chi connectivity index (χ2v) is 9.72. The van der Waals surface area contributed by atoms with Gasteiger partial charge in [0, 0.05) is 19.6 Å². The van der Waals surface area contributed by atoms with Crippen molar-refractivity contribution in [3.8, 4) is 0 Å². The Morgan fingerprint density at radius 3 is 1.17 bits per heavy atom. The number of carbonyl (C=O) groups excluding carboxylic acids is 1. The summed E-state index contributed by atoms with van der Waals surface area (Å²) >= 11 is 0. The van der Waals surface area contributed by atoms with Crippen LogP contribution >= 0.6 is 0 Å². The molecule has 0 spiro atoms. The van der Waals surface area contributed by atoms with Crippen LogP contribution in [0.4, 0.5) is 0 Å². The van der Waals surface area contributed by atoms with Crippen LogP contribution in [0, 0.1) is 0 Å². The zero-order chi connectivity index (χ0) is 26.2. The van der Waals surface area contributed by atoms with E-state index in [1.54, 1.807) is 0 Å². The lowest BCUT2D eigenvalue weighted by molar-refractivity contribution is -0.144. The molecule has 0 saturated carbocycles. The molecule has 0 rings (SSSR count). The Hall–Kier alpha value is -0.690. The molecule has 0 N–H and O–H groups in total. The van der Waals surface area contributed by atoms with E-state index in [2.05, 4.69) is 13.8 Å². The number of carbonyl (C=O) groups is 1. The SMILES string of the molecule is CCCCCCCCCCCCOC(=O)CCCOCCOCCOCCOCCCCCCCC. The zero-order valence-electron chi connectivity index (χ0n) is 24.0. The van der Waals surface area contributed by atoms with E-state index in [1.165, 1.54) is 83.5 Å². The molecule has 0 atom stereocenters. The summed E-state index contributed by atoms with van der Waals surface area (Å²) in [5.41, 5.74) is 0. The van der Waals surface area contributed by atoms with E-state index < -0.39 is 0 Å². The quantitative estimate of drug-likeness (QED) is 0.0696. The largest absolute Gasteiger partial charge is 0.466 e. The third-order valence-corrected chi connectivity index (χ3v) is 6.19. The van der Waals surface area contributed by atoms with Gasteiger partial charge in [-0.15, -0.1) is 0 Å². The summed E-state index contributed by atoms with van der Waals surface area (Å²) in [4.78, 5) is 11.8. The lowest BCUT2D eigenvalue weighted by Crippen LogP contribution is -2.12. The lowest BCUT2D eigenvalue weighted by Gasteiger charge is -2.08. The molecule has 0 bridgehead atoms. The van der Waals surface area contributed by atoms with Crippen LogP contribution in [0.25, 0.3) is 0 Å². The fraction of sp³-hybridized carbons (Fsp3) is 0.967. The van der Waals surface area contributed by atoms with Crippen molar-refractivity contribution in [2.75, 3.05) is 59.5 Å². The van der Waals surface area contributed by atoms with E-state index in [-0.39, 0.29) is 5.97 Å². The summed E-state index contributed by atoms with van der Waals surface area (Å²) in [6, 6.07) is 0. The van der Waals surface area contributed by atoms with Crippen molar-refractivity contribution in [3.63, 3.8) is 0 Å². The summed E-state index contributed by atoms with van der Waals surface area (Å²) in [7, 11) is 0. The van der Waals surface area contributed by atoms with Gasteiger partial charge in [0.1, 0.15) is 0 Å². The highest BCUT2D eigenvalue weighted by molar-refractivity contribution is 5.69. The van der Waals surface area contributed by atoms with Gasteiger partial charge in [0.2, 0.25) is 0 Å². The first-order valence-corrected chi connectivity index (χ1v) is 15.3. The maximum atomic E-state index is 11.8. The monoisotopic (exact) mass is 516 g/mol. The van der Waals surface area contributed by atoms with Crippen LogP contribution in [-0.2, 0) is 28.5 Å². The highest BCUT2D eigenvalue weighted by Crippen LogP contribution is 2.10. The molecule has 0 aliphatic heterocycles. The van der Waals surface area contributed by atoms with Crippen molar-refractivity contribution in [3.05, 3.63) is 0 Å². The molecule has 0 radical (unpaired) electrons. The van der Waals surface area contributed by atoms with Gasteiger partial charge in [0.05, 0.1) is 46.2 Å². The zero-order valence-corrected chi connectivity index (χ0v) is 24.0. The molecular weight excluding hydrogens is 456 g/mol. The molecule has 0 aromatic heterocycles. The molecule has 0 aliphatic rings. The van der Waals surface area contributed by atoms with Crippen LogP contribution in [0.3, 0.4) is 0 Å². The van der Waals surface area contributed by atoms with E-state index >= 15 is 0 Å². The molecule has 0 aromatic carbocycles. The molecular formula is C30H60O6. The van der Waals surface area contributed by atoms with E-state index in [4.69, 9.17) is 23.7 Å². The third kappa shape index (κ3) is 31.3. The van der Waals surface area contributed by atoms with Crippen molar-refractivity contribution < 1.29 is 28.5 Å². The number of unbranched alkanes of at least 4 members (excludes halogenated alkanes) is 14. The van der Waals surface area contributed by atoms with Gasteiger partial charge in [-0.1, -0.05) is 104 Å². The smallest absolute Gasteiger partial charge is 0.305 e. The summed E-state index contributed by atoms with van der Waals surface area (Å²) in [5.74, 6) is -0.112. The van der Waals surface area contributed by atoms with Crippen LogP contribution in [0.15, 0.2) is 0 Å². The Bertz CT molecular complexity index is 418. The van der Waals surface area contributed by atoms with Crippen molar-refractivity contribution >= 4 is 5.97 Å². The molecule has 216 valence electrons. The summed E-state index contributed by atoms with van der Waals surface area (Å²) in [6.07, 6.45) is 21.7. The third-order valence-electron chi connectivity index (χ3n) is 6.19. The molecule has 0 aliphatic carbocycles. The number of rotatable bonds is 31. The van der Waals surface area contributed by atoms with Gasteiger partial charge in [0.15, 0.2) is 0 Å². The first-order valence-electron chi connectivity index (χ1n) is 15.3. The van der Waals surface area contributed by atoms with Gasteiger partial charge in [0.25, 0.3) is 0 Å². The highest BCUT2D eigenvalue weighted by atomic mass is 16.6. The Morgan fingerprint density at radius 2 is 0.722 bits per heavy atom. The summed E-state index contributed by atoms with van der Waals surface area (Å²) in [6.45, 7) is 9.93. The molecule has 0 heterocycles. The van der Waals surface area contributed by atoms with Gasteiger partial charge in [-0.3, -0.25) is 4.79 Å². The van der Waals surface area contributed by atoms with Gasteiger partial charge < -0.3 is 23.7 Å². The van der Waals surface area contributed by atoms with E-state index in [9.17, 15) is 4.79 Å². The number of ether oxygens (including phenoxy) is 5. The number of hydrogen-bond donors (Lipinski definition) is 0. The van der Waals surface area contributed by atoms with E-state index in [1.807, 2.05) is 0 Å². The van der Waals surface area contributed by atoms with Gasteiger partial charge in [-0.2, -0.15) is 0 Å². The maximum Gasteiger partial charge on any atom is 0.305 e. The summed E-state index contributed by atoms with van der Waals surface area (Å²) < 4.78 is 27.4. The van der Waals surface area contributed by atoms with Crippen molar-refractivity contribution in [1.82, 2.24) is 0 Å². The first-order chi connectivity index (χ1) is 17.8. The Balaban J connectivity index is 3.13. The average Bonchev–Trinajstić information content (AvgIpc) is 2.88. The van der Waals surface area contributed by atoms with Gasteiger partial charge >= 0.3 is 5.97 Å². The number of hydrogen-bond acceptors (Lipinski definition) is 6. The number of esters is 1. The molecule has 36 heavy (non-hydrogen) atoms. The highest BCUT2D eigenvalue weighted by Gasteiger charge is 2.03. The summed E-state index contributed by atoms with van der Waals surface area (Å²) in [5, 5.41) is 0. The van der Waals surface area contributed by atoms with Crippen molar-refractivity contribution in [1.29, 1.82) is 0 Å². The van der Waals surface area contributed by atoms with Crippen LogP contribution in [0.2, 0.25) is 0 Å². The molecule has 0 aromatic rings. The van der Waals surface area contributed by atoms with E-state index in [0.717, 1.165) is 25.9 Å². The topological polar surface area (TPSA) is 63.2 Å². The fourth-order valence-corrected chi connectivity index (χ4v) is 3.91. The first kappa shape index (κ1) is 35.3. The molecule has 0 amide bonds. The van der Waals surface area contributed by atoms with Crippen molar-refractivity contribution in [2.45, 2.75) is 129 Å². The van der Waals surface area contributed by atoms with Crippen LogP contribution in [0.5, 0.6) is 0 Å². The average molecular weight is 517 g/mol.